The van der Waals surface area contributed by atoms with E-state index in [2.05, 4.69) is 15.6 Å². The fourth-order valence-corrected chi connectivity index (χ4v) is 1.45. The molecule has 0 spiro atoms. The van der Waals surface area contributed by atoms with Gasteiger partial charge in [-0.2, -0.15) is 0 Å². The molecule has 13 heavy (non-hydrogen) atoms. The van der Waals surface area contributed by atoms with E-state index in [1.807, 2.05) is 6.92 Å². The topological polar surface area (TPSA) is 37.0 Å². The second-order valence-corrected chi connectivity index (χ2v) is 3.24. The van der Waals surface area contributed by atoms with Crippen molar-refractivity contribution in [2.24, 2.45) is 0 Å². The first-order valence-electron chi connectivity index (χ1n) is 3.96. The molecule has 1 rings (SSSR count). The van der Waals surface area contributed by atoms with Gasteiger partial charge in [0.15, 0.2) is 0 Å². The van der Waals surface area contributed by atoms with E-state index in [0.29, 0.717) is 21.7 Å². The van der Waals surface area contributed by atoms with Gasteiger partial charge >= 0.3 is 0 Å². The van der Waals surface area contributed by atoms with Gasteiger partial charge in [-0.25, -0.2) is 4.98 Å². The molecular weight excluding hydrogens is 209 g/mol. The Morgan fingerprint density at radius 2 is 1.92 bits per heavy atom. The van der Waals surface area contributed by atoms with Crippen molar-refractivity contribution in [1.29, 1.82) is 0 Å². The first kappa shape index (κ1) is 10.4. The maximum Gasteiger partial charge on any atom is 0.147 e. The highest BCUT2D eigenvalue weighted by Gasteiger charge is 2.06. The lowest BCUT2D eigenvalue weighted by Crippen LogP contribution is -2.02. The Balaban J connectivity index is 3.06. The second-order valence-electron chi connectivity index (χ2n) is 2.43. The Morgan fingerprint density at radius 1 is 1.31 bits per heavy atom. The van der Waals surface area contributed by atoms with Crippen LogP contribution in [0.1, 0.15) is 6.92 Å². The van der Waals surface area contributed by atoms with Crippen molar-refractivity contribution in [1.82, 2.24) is 4.98 Å². The normalized spacial score (nSPS) is 9.85. The predicted molar refractivity (Wildman–Crippen MR) is 58.0 cm³/mol. The fourth-order valence-electron chi connectivity index (χ4n) is 0.933. The van der Waals surface area contributed by atoms with Crippen molar-refractivity contribution in [3.05, 3.63) is 16.1 Å². The third-order valence-electron chi connectivity index (χ3n) is 1.51. The average Bonchev–Trinajstić information content (AvgIpc) is 2.10. The summed E-state index contributed by atoms with van der Waals surface area (Å²) in [5, 5.41) is 6.97. The molecule has 0 aromatic carbocycles. The van der Waals surface area contributed by atoms with E-state index in [4.69, 9.17) is 23.2 Å². The fraction of sp³-hybridized carbons (Fsp3) is 0.375. The van der Waals surface area contributed by atoms with Crippen LogP contribution in [0, 0.1) is 0 Å². The Bertz CT molecular complexity index is 302. The van der Waals surface area contributed by atoms with Crippen LogP contribution in [0.3, 0.4) is 0 Å². The molecule has 0 bridgehead atoms. The summed E-state index contributed by atoms with van der Waals surface area (Å²) >= 11 is 11.8. The van der Waals surface area contributed by atoms with Crippen LogP contribution in [0.4, 0.5) is 11.6 Å². The van der Waals surface area contributed by atoms with Crippen LogP contribution < -0.4 is 10.6 Å². The lowest BCUT2D eigenvalue weighted by atomic mass is 10.4. The van der Waals surface area contributed by atoms with Crippen molar-refractivity contribution in [2.75, 3.05) is 24.2 Å². The number of halogens is 2. The van der Waals surface area contributed by atoms with Crippen LogP contribution >= 0.6 is 23.2 Å². The quantitative estimate of drug-likeness (QED) is 0.822. The highest BCUT2D eigenvalue weighted by atomic mass is 35.5. The molecule has 5 heteroatoms. The van der Waals surface area contributed by atoms with Gasteiger partial charge in [0.2, 0.25) is 0 Å². The van der Waals surface area contributed by atoms with Crippen molar-refractivity contribution in [3.63, 3.8) is 0 Å². The number of hydrogen-bond donors (Lipinski definition) is 2. The smallest absolute Gasteiger partial charge is 0.147 e. The standard InChI is InChI=1S/C8H11Cl2N3/c1-3-12-8-6(10)4-5(9)7(11-2)13-8/h4H,3H2,1-2H3,(H2,11,12,13). The molecule has 0 saturated heterocycles. The summed E-state index contributed by atoms with van der Waals surface area (Å²) in [7, 11) is 1.76. The highest BCUT2D eigenvalue weighted by molar-refractivity contribution is 6.37. The molecule has 0 aliphatic heterocycles. The SMILES string of the molecule is CCNc1nc(NC)c(Cl)cc1Cl. The maximum atomic E-state index is 5.90. The molecule has 2 N–H and O–H groups in total. The third kappa shape index (κ3) is 2.39. The minimum Gasteiger partial charge on any atom is -0.372 e. The lowest BCUT2D eigenvalue weighted by Gasteiger charge is -2.08. The predicted octanol–water partition coefficient (Wildman–Crippen LogP) is 2.86. The summed E-state index contributed by atoms with van der Waals surface area (Å²) < 4.78 is 0. The molecule has 0 aliphatic carbocycles. The molecular formula is C8H11Cl2N3. The number of aromatic nitrogens is 1. The van der Waals surface area contributed by atoms with Crippen LogP contribution in [0.25, 0.3) is 0 Å². The zero-order valence-corrected chi connectivity index (χ0v) is 9.00. The zero-order chi connectivity index (χ0) is 9.84. The van der Waals surface area contributed by atoms with Crippen LogP contribution in [0.2, 0.25) is 10.0 Å². The minimum absolute atomic E-state index is 0.522. The number of rotatable bonds is 3. The molecule has 0 radical (unpaired) electrons. The molecule has 1 heterocycles. The Morgan fingerprint density at radius 3 is 2.46 bits per heavy atom. The van der Waals surface area contributed by atoms with Gasteiger partial charge in [0.05, 0.1) is 10.0 Å². The van der Waals surface area contributed by atoms with E-state index < -0.39 is 0 Å². The number of hydrogen-bond acceptors (Lipinski definition) is 3. The summed E-state index contributed by atoms with van der Waals surface area (Å²) in [6, 6.07) is 1.67. The van der Waals surface area contributed by atoms with E-state index in [1.54, 1.807) is 13.1 Å². The molecule has 0 atom stereocenters. The maximum absolute atomic E-state index is 5.90. The molecule has 72 valence electrons. The number of nitrogens with one attached hydrogen (secondary N) is 2. The number of nitrogens with zero attached hydrogens (tertiary/aromatic N) is 1. The van der Waals surface area contributed by atoms with Crippen LogP contribution in [-0.2, 0) is 0 Å². The summed E-state index contributed by atoms with van der Waals surface area (Å²) in [5.41, 5.74) is 0. The first-order valence-corrected chi connectivity index (χ1v) is 4.72. The molecule has 0 aliphatic rings. The molecule has 1 aromatic heterocycles. The molecule has 1 aromatic rings. The first-order chi connectivity index (χ1) is 6.19. The molecule has 3 nitrogen and oxygen atoms in total. The van der Waals surface area contributed by atoms with E-state index in [9.17, 15) is 0 Å². The molecule has 0 saturated carbocycles. The average molecular weight is 220 g/mol. The van der Waals surface area contributed by atoms with E-state index in [1.165, 1.54) is 0 Å². The van der Waals surface area contributed by atoms with Gasteiger partial charge < -0.3 is 10.6 Å². The molecule has 0 unspecified atom stereocenters. The van der Waals surface area contributed by atoms with Crippen LogP contribution in [-0.4, -0.2) is 18.6 Å². The van der Waals surface area contributed by atoms with Gasteiger partial charge in [0, 0.05) is 13.6 Å². The summed E-state index contributed by atoms with van der Waals surface area (Å²) in [6.07, 6.45) is 0. The van der Waals surface area contributed by atoms with Gasteiger partial charge in [-0.1, -0.05) is 23.2 Å². The van der Waals surface area contributed by atoms with Gasteiger partial charge in [-0.3, -0.25) is 0 Å². The van der Waals surface area contributed by atoms with Crippen LogP contribution in [0.15, 0.2) is 6.07 Å². The van der Waals surface area contributed by atoms with E-state index >= 15 is 0 Å². The summed E-state index contributed by atoms with van der Waals surface area (Å²) in [4.78, 5) is 4.19. The van der Waals surface area contributed by atoms with Gasteiger partial charge in [0.1, 0.15) is 11.6 Å². The Labute approximate surface area is 87.5 Å². The third-order valence-corrected chi connectivity index (χ3v) is 2.09. The Hall–Kier alpha value is -0.670. The summed E-state index contributed by atoms with van der Waals surface area (Å²) in [6.45, 7) is 2.75. The number of pyridine rings is 1. The molecule has 0 fully saturated rings. The summed E-state index contributed by atoms with van der Waals surface area (Å²) in [5.74, 6) is 1.28. The lowest BCUT2D eigenvalue weighted by molar-refractivity contribution is 1.16. The van der Waals surface area contributed by atoms with Crippen molar-refractivity contribution < 1.29 is 0 Å². The molecule has 0 amide bonds. The monoisotopic (exact) mass is 219 g/mol. The van der Waals surface area contributed by atoms with Gasteiger partial charge in [-0.15, -0.1) is 0 Å². The van der Waals surface area contributed by atoms with E-state index in [0.717, 1.165) is 6.54 Å². The van der Waals surface area contributed by atoms with Gasteiger partial charge in [0.25, 0.3) is 0 Å². The number of anilines is 2. The van der Waals surface area contributed by atoms with Crippen LogP contribution in [0.5, 0.6) is 0 Å². The van der Waals surface area contributed by atoms with Crippen molar-refractivity contribution in [3.8, 4) is 0 Å². The van der Waals surface area contributed by atoms with E-state index in [-0.39, 0.29) is 0 Å². The van der Waals surface area contributed by atoms with Crippen molar-refractivity contribution >= 4 is 34.8 Å². The second kappa shape index (κ2) is 4.53. The minimum atomic E-state index is 0.522. The Kier molecular flexibility index (Phi) is 3.63. The highest BCUT2D eigenvalue weighted by Crippen LogP contribution is 2.28. The largest absolute Gasteiger partial charge is 0.372 e. The zero-order valence-electron chi connectivity index (χ0n) is 7.49. The van der Waals surface area contributed by atoms with Gasteiger partial charge in [-0.05, 0) is 13.0 Å². The van der Waals surface area contributed by atoms with Crippen molar-refractivity contribution in [2.45, 2.75) is 6.92 Å².